The minimum atomic E-state index is 0.472. The highest BCUT2D eigenvalue weighted by Crippen LogP contribution is 2.27. The van der Waals surface area contributed by atoms with Gasteiger partial charge in [0.25, 0.3) is 0 Å². The van der Waals surface area contributed by atoms with E-state index in [1.165, 1.54) is 0 Å². The zero-order valence-corrected chi connectivity index (χ0v) is 16.3. The van der Waals surface area contributed by atoms with Gasteiger partial charge in [0.05, 0.1) is 6.21 Å². The van der Waals surface area contributed by atoms with Crippen LogP contribution in [0.15, 0.2) is 71.8 Å². The van der Waals surface area contributed by atoms with Crippen LogP contribution >= 0.6 is 12.2 Å². The maximum absolute atomic E-state index is 6.14. The average Bonchev–Trinajstić information content (AvgIpc) is 3.11. The number of H-pyrrole nitrogens is 1. The number of nitrogens with zero attached hydrogens (tertiary/aromatic N) is 3. The number of aromatic nitrogens is 3. The first kappa shape index (κ1) is 18.1. The number of rotatable bonds is 6. The van der Waals surface area contributed by atoms with Crippen molar-refractivity contribution in [2.75, 3.05) is 0 Å². The Labute approximate surface area is 168 Å². The Balaban J connectivity index is 1.74. The highest BCUT2D eigenvalue weighted by atomic mass is 32.1. The van der Waals surface area contributed by atoms with Gasteiger partial charge in [0.15, 0.2) is 5.82 Å². The van der Waals surface area contributed by atoms with Crippen LogP contribution in [0.5, 0.6) is 5.75 Å². The topological polar surface area (TPSA) is 55.2 Å². The smallest absolute Gasteiger partial charge is 0.216 e. The van der Waals surface area contributed by atoms with Crippen LogP contribution in [0.4, 0.5) is 0 Å². The molecule has 4 aromatic rings. The molecular weight excluding hydrogens is 368 g/mol. The number of fused-ring (bicyclic) bond motifs is 1. The van der Waals surface area contributed by atoms with Crippen molar-refractivity contribution in [2.24, 2.45) is 5.10 Å². The summed E-state index contributed by atoms with van der Waals surface area (Å²) in [5, 5.41) is 13.8. The van der Waals surface area contributed by atoms with Crippen molar-refractivity contribution in [1.82, 2.24) is 14.9 Å². The third-order valence-electron chi connectivity index (χ3n) is 4.50. The summed E-state index contributed by atoms with van der Waals surface area (Å²) < 4.78 is 8.26. The quantitative estimate of drug-likeness (QED) is 0.368. The van der Waals surface area contributed by atoms with Gasteiger partial charge in [-0.3, -0.25) is 5.10 Å². The second kappa shape index (κ2) is 8.19. The van der Waals surface area contributed by atoms with E-state index in [1.807, 2.05) is 55.5 Å². The number of hydrogen-bond acceptors (Lipinski definition) is 4. The molecule has 140 valence electrons. The molecule has 6 heteroatoms. The lowest BCUT2D eigenvalue weighted by Gasteiger charge is -2.12. The second-order valence-electron chi connectivity index (χ2n) is 6.33. The van der Waals surface area contributed by atoms with Crippen LogP contribution < -0.4 is 4.74 Å². The van der Waals surface area contributed by atoms with Gasteiger partial charge in [-0.05, 0) is 34.6 Å². The Morgan fingerprint density at radius 3 is 2.68 bits per heavy atom. The van der Waals surface area contributed by atoms with Crippen LogP contribution in [0.25, 0.3) is 10.8 Å². The van der Waals surface area contributed by atoms with E-state index in [-0.39, 0.29) is 0 Å². The molecule has 3 aromatic carbocycles. The van der Waals surface area contributed by atoms with E-state index in [1.54, 1.807) is 10.9 Å². The van der Waals surface area contributed by atoms with Crippen molar-refractivity contribution in [3.8, 4) is 5.75 Å². The molecule has 0 fully saturated rings. The third-order valence-corrected chi connectivity index (χ3v) is 4.77. The summed E-state index contributed by atoms with van der Waals surface area (Å²) in [6.07, 6.45) is 2.53. The van der Waals surface area contributed by atoms with Crippen molar-refractivity contribution in [1.29, 1.82) is 0 Å². The highest BCUT2D eigenvalue weighted by Gasteiger charge is 2.09. The molecule has 0 unspecified atom stereocenters. The van der Waals surface area contributed by atoms with Crippen molar-refractivity contribution in [3.05, 3.63) is 88.5 Å². The molecule has 0 saturated carbocycles. The standard InChI is InChI=1S/C22H20N4OS/c1-2-21-24-25-22(28)26(21)23-14-19-18-11-7-6-10-17(18)12-13-20(19)27-15-16-8-4-3-5-9-16/h3-14H,2,15H2,1H3,(H,25,28)/b23-14-. The van der Waals surface area contributed by atoms with E-state index in [2.05, 4.69) is 33.5 Å². The number of ether oxygens (including phenoxy) is 1. The number of benzene rings is 3. The van der Waals surface area contributed by atoms with Gasteiger partial charge in [-0.15, -0.1) is 0 Å². The van der Waals surface area contributed by atoms with Crippen molar-refractivity contribution in [2.45, 2.75) is 20.0 Å². The Hall–Kier alpha value is -3.25. The van der Waals surface area contributed by atoms with Crippen LogP contribution in [-0.2, 0) is 13.0 Å². The molecule has 0 bridgehead atoms. The molecule has 4 rings (SSSR count). The van der Waals surface area contributed by atoms with Gasteiger partial charge in [0, 0.05) is 12.0 Å². The first-order valence-electron chi connectivity index (χ1n) is 9.15. The third kappa shape index (κ3) is 3.73. The summed E-state index contributed by atoms with van der Waals surface area (Å²) >= 11 is 5.30. The summed E-state index contributed by atoms with van der Waals surface area (Å²) in [6.45, 7) is 2.51. The first-order chi connectivity index (χ1) is 13.8. The highest BCUT2D eigenvalue weighted by molar-refractivity contribution is 7.71. The van der Waals surface area contributed by atoms with E-state index < -0.39 is 0 Å². The fraction of sp³-hybridized carbons (Fsp3) is 0.136. The number of aryl methyl sites for hydroxylation is 1. The maximum Gasteiger partial charge on any atom is 0.216 e. The Morgan fingerprint density at radius 1 is 1.07 bits per heavy atom. The van der Waals surface area contributed by atoms with Gasteiger partial charge in [0.1, 0.15) is 12.4 Å². The minimum Gasteiger partial charge on any atom is -0.488 e. The Bertz CT molecular complexity index is 1180. The van der Waals surface area contributed by atoms with E-state index in [0.717, 1.165) is 39.9 Å². The van der Waals surface area contributed by atoms with Crippen LogP contribution in [0.3, 0.4) is 0 Å². The van der Waals surface area contributed by atoms with Gasteiger partial charge in [-0.2, -0.15) is 14.9 Å². The predicted octanol–water partition coefficient (Wildman–Crippen LogP) is 5.12. The van der Waals surface area contributed by atoms with E-state index in [9.17, 15) is 0 Å². The summed E-state index contributed by atoms with van der Waals surface area (Å²) in [5.74, 6) is 1.56. The van der Waals surface area contributed by atoms with Gasteiger partial charge in [0.2, 0.25) is 4.77 Å². The lowest BCUT2D eigenvalue weighted by atomic mass is 10.0. The number of nitrogens with one attached hydrogen (secondary N) is 1. The van der Waals surface area contributed by atoms with Crippen LogP contribution in [-0.4, -0.2) is 21.1 Å². The van der Waals surface area contributed by atoms with E-state index in [0.29, 0.717) is 11.4 Å². The van der Waals surface area contributed by atoms with Crippen LogP contribution in [0.2, 0.25) is 0 Å². The van der Waals surface area contributed by atoms with Gasteiger partial charge < -0.3 is 4.74 Å². The van der Waals surface area contributed by atoms with E-state index in [4.69, 9.17) is 17.0 Å². The van der Waals surface area contributed by atoms with Gasteiger partial charge in [-0.1, -0.05) is 67.6 Å². The molecule has 1 heterocycles. The van der Waals surface area contributed by atoms with Crippen molar-refractivity contribution >= 4 is 29.2 Å². The monoisotopic (exact) mass is 388 g/mol. The zero-order valence-electron chi connectivity index (χ0n) is 15.5. The number of hydrogen-bond donors (Lipinski definition) is 1. The average molecular weight is 388 g/mol. The normalized spacial score (nSPS) is 11.3. The van der Waals surface area contributed by atoms with Crippen molar-refractivity contribution < 1.29 is 4.74 Å². The molecular formula is C22H20N4OS. The SMILES string of the molecule is CCc1n[nH]c(=S)n1/N=C\c1c(OCc2ccccc2)ccc2ccccc12. The molecule has 0 atom stereocenters. The first-order valence-corrected chi connectivity index (χ1v) is 9.56. The van der Waals surface area contributed by atoms with E-state index >= 15 is 0 Å². The Morgan fingerprint density at radius 2 is 1.86 bits per heavy atom. The molecule has 0 aliphatic heterocycles. The summed E-state index contributed by atoms with van der Waals surface area (Å²) in [5.41, 5.74) is 2.03. The van der Waals surface area contributed by atoms with Crippen LogP contribution in [0.1, 0.15) is 23.9 Å². The summed E-state index contributed by atoms with van der Waals surface area (Å²) in [4.78, 5) is 0. The van der Waals surface area contributed by atoms with Crippen LogP contribution in [0, 0.1) is 4.77 Å². The summed E-state index contributed by atoms with van der Waals surface area (Å²) in [7, 11) is 0. The number of aromatic amines is 1. The molecule has 1 aromatic heterocycles. The van der Waals surface area contributed by atoms with Crippen molar-refractivity contribution in [3.63, 3.8) is 0 Å². The molecule has 1 N–H and O–H groups in total. The summed E-state index contributed by atoms with van der Waals surface area (Å²) in [6, 6.07) is 22.4. The molecule has 0 amide bonds. The molecule has 0 spiro atoms. The maximum atomic E-state index is 6.14. The lowest BCUT2D eigenvalue weighted by molar-refractivity contribution is 0.306. The Kier molecular flexibility index (Phi) is 5.30. The molecule has 0 radical (unpaired) electrons. The predicted molar refractivity (Wildman–Crippen MR) is 115 cm³/mol. The fourth-order valence-corrected chi connectivity index (χ4v) is 3.26. The molecule has 0 aliphatic rings. The zero-order chi connectivity index (χ0) is 19.3. The molecule has 5 nitrogen and oxygen atoms in total. The van der Waals surface area contributed by atoms with Gasteiger partial charge >= 0.3 is 0 Å². The molecule has 0 aliphatic carbocycles. The minimum absolute atomic E-state index is 0.472. The largest absolute Gasteiger partial charge is 0.488 e. The fourth-order valence-electron chi connectivity index (χ4n) is 3.06. The molecule has 28 heavy (non-hydrogen) atoms. The second-order valence-corrected chi connectivity index (χ2v) is 6.71. The van der Waals surface area contributed by atoms with Gasteiger partial charge in [-0.25, -0.2) is 0 Å². The lowest BCUT2D eigenvalue weighted by Crippen LogP contribution is -2.01. The molecule has 0 saturated heterocycles.